The fraction of sp³-hybridized carbons (Fsp3) is 0.632. The lowest BCUT2D eigenvalue weighted by Gasteiger charge is -2.30. The van der Waals surface area contributed by atoms with Crippen molar-refractivity contribution in [3.63, 3.8) is 0 Å². The van der Waals surface area contributed by atoms with Gasteiger partial charge in [0.15, 0.2) is 0 Å². The van der Waals surface area contributed by atoms with Crippen LogP contribution >= 0.6 is 12.4 Å². The van der Waals surface area contributed by atoms with Crippen molar-refractivity contribution in [2.24, 2.45) is 5.73 Å². The van der Waals surface area contributed by atoms with Gasteiger partial charge in [0.2, 0.25) is 5.91 Å². The molecule has 4 heteroatoms. The third-order valence-electron chi connectivity index (χ3n) is 4.53. The number of carbonyl (C=O) groups is 1. The molecule has 1 aliphatic rings. The van der Waals surface area contributed by atoms with Gasteiger partial charge in [0.25, 0.3) is 0 Å². The van der Waals surface area contributed by atoms with E-state index in [1.807, 2.05) is 4.90 Å². The second-order valence-electron chi connectivity index (χ2n) is 6.64. The molecule has 0 aliphatic carbocycles. The third-order valence-corrected chi connectivity index (χ3v) is 4.53. The van der Waals surface area contributed by atoms with Gasteiger partial charge in [0.1, 0.15) is 0 Å². The molecule has 130 valence electrons. The molecule has 1 heterocycles. The molecule has 0 aromatic heterocycles. The van der Waals surface area contributed by atoms with Gasteiger partial charge in [-0.1, -0.05) is 38.8 Å². The lowest BCUT2D eigenvalue weighted by molar-refractivity contribution is -0.118. The highest BCUT2D eigenvalue weighted by Crippen LogP contribution is 2.30. The highest BCUT2D eigenvalue weighted by molar-refractivity contribution is 5.94. The molecule has 1 aromatic rings. The van der Waals surface area contributed by atoms with E-state index >= 15 is 0 Å². The fourth-order valence-corrected chi connectivity index (χ4v) is 3.14. The van der Waals surface area contributed by atoms with Crippen molar-refractivity contribution in [3.8, 4) is 0 Å². The number of hydrogen-bond acceptors (Lipinski definition) is 2. The number of nitrogens with zero attached hydrogens (tertiary/aromatic N) is 1. The Morgan fingerprint density at radius 1 is 1.22 bits per heavy atom. The van der Waals surface area contributed by atoms with Gasteiger partial charge >= 0.3 is 0 Å². The Bertz CT molecular complexity index is 502. The molecule has 1 aromatic carbocycles. The molecule has 2 rings (SSSR count). The fourth-order valence-electron chi connectivity index (χ4n) is 3.14. The summed E-state index contributed by atoms with van der Waals surface area (Å²) in [5.41, 5.74) is 9.35. The van der Waals surface area contributed by atoms with Crippen LogP contribution in [-0.2, 0) is 11.2 Å². The molecule has 0 bridgehead atoms. The number of aryl methyl sites for hydroxylation is 1. The molecule has 3 nitrogen and oxygen atoms in total. The summed E-state index contributed by atoms with van der Waals surface area (Å²) in [5.74, 6) is 0.824. The molecule has 1 amide bonds. The molecule has 0 saturated carbocycles. The topological polar surface area (TPSA) is 46.3 Å². The summed E-state index contributed by atoms with van der Waals surface area (Å²) >= 11 is 0. The zero-order chi connectivity index (χ0) is 15.9. The Labute approximate surface area is 147 Å². The van der Waals surface area contributed by atoms with Crippen molar-refractivity contribution in [3.05, 3.63) is 29.3 Å². The third kappa shape index (κ3) is 5.50. The predicted molar refractivity (Wildman–Crippen MR) is 101 cm³/mol. The molecule has 0 unspecified atom stereocenters. The van der Waals surface area contributed by atoms with Gasteiger partial charge in [-0.25, -0.2) is 0 Å². The van der Waals surface area contributed by atoms with Gasteiger partial charge in [0, 0.05) is 18.7 Å². The quantitative estimate of drug-likeness (QED) is 0.748. The van der Waals surface area contributed by atoms with Crippen LogP contribution in [0.4, 0.5) is 5.69 Å². The zero-order valence-electron chi connectivity index (χ0n) is 14.5. The van der Waals surface area contributed by atoms with Gasteiger partial charge < -0.3 is 10.6 Å². The van der Waals surface area contributed by atoms with Crippen molar-refractivity contribution in [2.45, 2.75) is 64.7 Å². The molecule has 0 spiro atoms. The Morgan fingerprint density at radius 3 is 2.65 bits per heavy atom. The van der Waals surface area contributed by atoms with Crippen LogP contribution in [0.15, 0.2) is 18.2 Å². The monoisotopic (exact) mass is 338 g/mol. The van der Waals surface area contributed by atoms with Crippen LogP contribution in [0, 0.1) is 0 Å². The minimum atomic E-state index is 0. The van der Waals surface area contributed by atoms with E-state index in [2.05, 4.69) is 32.0 Å². The first kappa shape index (κ1) is 20.0. The zero-order valence-corrected chi connectivity index (χ0v) is 15.3. The number of fused-ring (bicyclic) bond motifs is 1. The number of halogens is 1. The highest BCUT2D eigenvalue weighted by Gasteiger charge is 2.22. The molecule has 2 N–H and O–H groups in total. The van der Waals surface area contributed by atoms with Gasteiger partial charge in [-0.05, 0) is 55.3 Å². The van der Waals surface area contributed by atoms with E-state index in [0.717, 1.165) is 57.3 Å². The molecule has 1 aliphatic heterocycles. The lowest BCUT2D eigenvalue weighted by atomic mass is 9.94. The molecule has 23 heavy (non-hydrogen) atoms. The number of unbranched alkanes of at least 4 members (excludes halogenated alkanes) is 3. The number of anilines is 1. The normalized spacial score (nSPS) is 13.7. The van der Waals surface area contributed by atoms with E-state index in [9.17, 15) is 4.79 Å². The van der Waals surface area contributed by atoms with E-state index < -0.39 is 0 Å². The summed E-state index contributed by atoms with van der Waals surface area (Å²) < 4.78 is 0. The van der Waals surface area contributed by atoms with Gasteiger partial charge in [0.05, 0.1) is 0 Å². The molecule has 0 fully saturated rings. The Hall–Kier alpha value is -1.06. The van der Waals surface area contributed by atoms with Crippen molar-refractivity contribution >= 4 is 24.0 Å². The molecular weight excluding hydrogens is 308 g/mol. The number of nitrogens with two attached hydrogens (primary N) is 1. The van der Waals surface area contributed by atoms with Crippen molar-refractivity contribution in [1.29, 1.82) is 0 Å². The smallest absolute Gasteiger partial charge is 0.226 e. The van der Waals surface area contributed by atoms with Crippen LogP contribution in [-0.4, -0.2) is 19.0 Å². The van der Waals surface area contributed by atoms with Crippen LogP contribution in [0.5, 0.6) is 0 Å². The summed E-state index contributed by atoms with van der Waals surface area (Å²) in [6, 6.07) is 6.62. The van der Waals surface area contributed by atoms with Crippen LogP contribution in [0.25, 0.3) is 0 Å². The van der Waals surface area contributed by atoms with Crippen LogP contribution < -0.4 is 10.6 Å². The first-order valence-electron chi connectivity index (χ1n) is 8.76. The van der Waals surface area contributed by atoms with E-state index in [1.165, 1.54) is 11.1 Å². The van der Waals surface area contributed by atoms with Gasteiger partial charge in [-0.2, -0.15) is 0 Å². The summed E-state index contributed by atoms with van der Waals surface area (Å²) in [6.07, 6.45) is 7.13. The Morgan fingerprint density at radius 2 is 1.96 bits per heavy atom. The standard InChI is InChI=1S/C19H30N2O.ClH/c1-15(2)16-10-11-18-17(14-16)8-7-13-21(18)19(22)9-5-3-4-6-12-20;/h10-11,14-15H,3-9,12-13,20H2,1-2H3;1H. The van der Waals surface area contributed by atoms with Crippen molar-refractivity contribution in [2.75, 3.05) is 18.0 Å². The minimum absolute atomic E-state index is 0. The number of hydrogen-bond donors (Lipinski definition) is 1. The number of amides is 1. The number of benzene rings is 1. The number of rotatable bonds is 7. The summed E-state index contributed by atoms with van der Waals surface area (Å²) in [7, 11) is 0. The molecular formula is C19H31ClN2O. The summed E-state index contributed by atoms with van der Waals surface area (Å²) in [6.45, 7) is 6.06. The maximum absolute atomic E-state index is 12.5. The second-order valence-corrected chi connectivity index (χ2v) is 6.64. The lowest BCUT2D eigenvalue weighted by Crippen LogP contribution is -2.35. The summed E-state index contributed by atoms with van der Waals surface area (Å²) in [5, 5.41) is 0. The average Bonchev–Trinajstić information content (AvgIpc) is 2.53. The maximum atomic E-state index is 12.5. The van der Waals surface area contributed by atoms with Gasteiger partial charge in [-0.15, -0.1) is 12.4 Å². The number of carbonyl (C=O) groups excluding carboxylic acids is 1. The van der Waals surface area contributed by atoms with Crippen LogP contribution in [0.3, 0.4) is 0 Å². The molecule has 0 atom stereocenters. The molecule has 0 saturated heterocycles. The van der Waals surface area contributed by atoms with E-state index in [1.54, 1.807) is 0 Å². The Kier molecular flexibility index (Phi) is 8.64. The summed E-state index contributed by atoms with van der Waals surface area (Å²) in [4.78, 5) is 14.5. The van der Waals surface area contributed by atoms with Crippen molar-refractivity contribution in [1.82, 2.24) is 0 Å². The predicted octanol–water partition coefficient (Wildman–Crippen LogP) is 4.42. The Balaban J connectivity index is 0.00000264. The maximum Gasteiger partial charge on any atom is 0.226 e. The van der Waals surface area contributed by atoms with Gasteiger partial charge in [-0.3, -0.25) is 4.79 Å². The minimum Gasteiger partial charge on any atom is -0.330 e. The first-order valence-corrected chi connectivity index (χ1v) is 8.76. The van der Waals surface area contributed by atoms with E-state index in [4.69, 9.17) is 5.73 Å². The van der Waals surface area contributed by atoms with Crippen LogP contribution in [0.2, 0.25) is 0 Å². The van der Waals surface area contributed by atoms with Crippen LogP contribution in [0.1, 0.15) is 69.4 Å². The molecule has 0 radical (unpaired) electrons. The SMILES string of the molecule is CC(C)c1ccc2c(c1)CCCN2C(=O)CCCCCCN.Cl. The largest absolute Gasteiger partial charge is 0.330 e. The first-order chi connectivity index (χ1) is 10.6. The average molecular weight is 339 g/mol. The van der Waals surface area contributed by atoms with Crippen molar-refractivity contribution < 1.29 is 4.79 Å². The van der Waals surface area contributed by atoms with E-state index in [0.29, 0.717) is 12.3 Å². The highest BCUT2D eigenvalue weighted by atomic mass is 35.5. The van der Waals surface area contributed by atoms with E-state index in [-0.39, 0.29) is 18.3 Å². The second kappa shape index (κ2) is 9.94.